The Morgan fingerprint density at radius 1 is 1.28 bits per heavy atom. The normalized spacial score (nSPS) is 22.4. The summed E-state index contributed by atoms with van der Waals surface area (Å²) < 4.78 is 48.3. The quantitative estimate of drug-likeness (QED) is 0.350. The van der Waals surface area contributed by atoms with E-state index in [4.69, 9.17) is 9.84 Å². The molecule has 0 saturated carbocycles. The summed E-state index contributed by atoms with van der Waals surface area (Å²) in [6, 6.07) is 1.93. The predicted octanol–water partition coefficient (Wildman–Crippen LogP) is 1.74. The van der Waals surface area contributed by atoms with Gasteiger partial charge < -0.3 is 35.5 Å². The van der Waals surface area contributed by atoms with E-state index in [1.165, 1.54) is 11.1 Å². The fourth-order valence-electron chi connectivity index (χ4n) is 4.81. The molecule has 1 aromatic carbocycles. The van der Waals surface area contributed by atoms with Crippen molar-refractivity contribution in [2.45, 2.75) is 31.2 Å². The fraction of sp³-hybridized carbons (Fsp3) is 0.583. The van der Waals surface area contributed by atoms with E-state index in [9.17, 15) is 23.1 Å². The second kappa shape index (κ2) is 12.0. The number of carbonyl (C=O) groups excluding carboxylic acids is 1. The second-order valence-corrected chi connectivity index (χ2v) is 9.31. The first kappa shape index (κ1) is 26.4. The molecule has 3 heterocycles. The zero-order valence-corrected chi connectivity index (χ0v) is 19.8. The summed E-state index contributed by atoms with van der Waals surface area (Å²) >= 11 is 0. The zero-order valence-electron chi connectivity index (χ0n) is 19.8. The van der Waals surface area contributed by atoms with Crippen LogP contribution in [0.15, 0.2) is 24.4 Å². The number of hydrogen-bond donors (Lipinski definition) is 5. The Hall–Kier alpha value is -2.67. The van der Waals surface area contributed by atoms with E-state index >= 15 is 0 Å². The number of aliphatic hydroxyl groups is 2. The maximum Gasteiger partial charge on any atom is 0.318 e. The molecule has 2 aromatic rings. The minimum Gasteiger partial charge on any atom is -0.394 e. The number of amides is 2. The Kier molecular flexibility index (Phi) is 8.83. The number of hydrogen-bond acceptors (Lipinski definition) is 6. The topological polar surface area (TPSA) is 123 Å². The Morgan fingerprint density at radius 2 is 2.06 bits per heavy atom. The highest BCUT2D eigenvalue weighted by Crippen LogP contribution is 2.36. The molecule has 4 rings (SSSR count). The molecule has 2 amide bonds. The number of alkyl halides is 1. The lowest BCUT2D eigenvalue weighted by Crippen LogP contribution is -2.50. The maximum atomic E-state index is 14.6. The molecule has 2 aliphatic rings. The van der Waals surface area contributed by atoms with E-state index in [2.05, 4.69) is 20.6 Å². The van der Waals surface area contributed by atoms with Crippen LogP contribution >= 0.6 is 0 Å². The molecule has 4 atom stereocenters. The number of aromatic amines is 1. The van der Waals surface area contributed by atoms with E-state index in [0.717, 1.165) is 18.2 Å². The van der Waals surface area contributed by atoms with Gasteiger partial charge in [-0.05, 0) is 37.0 Å². The van der Waals surface area contributed by atoms with Crippen LogP contribution in [0.25, 0.3) is 11.3 Å². The van der Waals surface area contributed by atoms with E-state index < -0.39 is 48.5 Å². The standard InChI is InChI=1S/C24H32F3N5O4/c25-16-1-2-19(26)18(7-16)21-11-29-23(31-21)22(14-3-5-36-6-4-14)32(12-15-8-28-10-20(15)27)24(35)30-9-17(34)13-33/h1-2,7,11,14-15,17,20,22,28,33-34H,3-6,8-10,12-13H2,(H,29,31)(H,30,35). The summed E-state index contributed by atoms with van der Waals surface area (Å²) in [5, 5.41) is 24.5. The molecule has 9 nitrogen and oxygen atoms in total. The molecule has 0 spiro atoms. The molecule has 2 saturated heterocycles. The predicted molar refractivity (Wildman–Crippen MR) is 125 cm³/mol. The summed E-state index contributed by atoms with van der Waals surface area (Å²) in [4.78, 5) is 22.4. The van der Waals surface area contributed by atoms with Crippen LogP contribution in [0.2, 0.25) is 0 Å². The van der Waals surface area contributed by atoms with Crippen molar-refractivity contribution in [3.8, 4) is 11.3 Å². The van der Waals surface area contributed by atoms with E-state index in [1.54, 1.807) is 0 Å². The van der Waals surface area contributed by atoms with Crippen LogP contribution in [0.1, 0.15) is 24.7 Å². The van der Waals surface area contributed by atoms with Crippen molar-refractivity contribution in [3.63, 3.8) is 0 Å². The van der Waals surface area contributed by atoms with Gasteiger partial charge in [0.1, 0.15) is 23.6 Å². The third-order valence-electron chi connectivity index (χ3n) is 6.79. The van der Waals surface area contributed by atoms with Crippen molar-refractivity contribution in [1.82, 2.24) is 25.5 Å². The number of carbonyl (C=O) groups is 1. The van der Waals surface area contributed by atoms with E-state index in [1.807, 2.05) is 0 Å². The summed E-state index contributed by atoms with van der Waals surface area (Å²) in [6.45, 7) is 0.889. The highest BCUT2D eigenvalue weighted by molar-refractivity contribution is 5.75. The molecule has 12 heteroatoms. The van der Waals surface area contributed by atoms with Gasteiger partial charge >= 0.3 is 6.03 Å². The highest BCUT2D eigenvalue weighted by Gasteiger charge is 2.39. The Balaban J connectivity index is 1.69. The number of urea groups is 1. The Morgan fingerprint density at radius 3 is 2.75 bits per heavy atom. The first-order valence-electron chi connectivity index (χ1n) is 12.1. The number of rotatable bonds is 9. The van der Waals surface area contributed by atoms with Crippen LogP contribution in [0.5, 0.6) is 0 Å². The second-order valence-electron chi connectivity index (χ2n) is 9.31. The molecular weight excluding hydrogens is 479 g/mol. The molecule has 2 fully saturated rings. The van der Waals surface area contributed by atoms with Gasteiger partial charge in [-0.2, -0.15) is 0 Å². The van der Waals surface area contributed by atoms with Crippen LogP contribution in [0.3, 0.4) is 0 Å². The van der Waals surface area contributed by atoms with Crippen LogP contribution in [0.4, 0.5) is 18.0 Å². The van der Waals surface area contributed by atoms with Gasteiger partial charge in [-0.3, -0.25) is 0 Å². The molecule has 5 N–H and O–H groups in total. The van der Waals surface area contributed by atoms with Gasteiger partial charge in [-0.25, -0.2) is 22.9 Å². The fourth-order valence-corrected chi connectivity index (χ4v) is 4.81. The molecule has 2 aliphatic heterocycles. The molecule has 0 aliphatic carbocycles. The van der Waals surface area contributed by atoms with Crippen LogP contribution in [-0.2, 0) is 4.74 Å². The third-order valence-corrected chi connectivity index (χ3v) is 6.79. The van der Waals surface area contributed by atoms with Gasteiger partial charge in [0.25, 0.3) is 0 Å². The van der Waals surface area contributed by atoms with Gasteiger partial charge in [0, 0.05) is 50.9 Å². The van der Waals surface area contributed by atoms with E-state index in [0.29, 0.717) is 38.4 Å². The summed E-state index contributed by atoms with van der Waals surface area (Å²) in [6.07, 6.45) is 0.318. The number of nitrogens with one attached hydrogen (secondary N) is 3. The SMILES string of the molecule is O=C(NCC(O)CO)N(CC1CNCC1F)C(c1ncc(-c2cc(F)ccc2F)[nH]1)C1CCOCC1. The highest BCUT2D eigenvalue weighted by atomic mass is 19.1. The van der Waals surface area contributed by atoms with Gasteiger partial charge in [0.2, 0.25) is 0 Å². The van der Waals surface area contributed by atoms with Crippen LogP contribution < -0.4 is 10.6 Å². The molecule has 4 unspecified atom stereocenters. The van der Waals surface area contributed by atoms with Crippen molar-refractivity contribution < 1.29 is 32.9 Å². The van der Waals surface area contributed by atoms with Gasteiger partial charge in [-0.1, -0.05) is 0 Å². The minimum absolute atomic E-state index is 0.00497. The first-order valence-corrected chi connectivity index (χ1v) is 12.1. The van der Waals surface area contributed by atoms with Crippen LogP contribution in [-0.4, -0.2) is 89.4 Å². The molecule has 0 bridgehead atoms. The summed E-state index contributed by atoms with van der Waals surface area (Å²) in [7, 11) is 0. The van der Waals surface area contributed by atoms with Gasteiger partial charge in [-0.15, -0.1) is 0 Å². The van der Waals surface area contributed by atoms with Crippen molar-refractivity contribution in [1.29, 1.82) is 0 Å². The van der Waals surface area contributed by atoms with Crippen molar-refractivity contribution in [3.05, 3.63) is 41.9 Å². The average molecular weight is 512 g/mol. The average Bonchev–Trinajstić information content (AvgIpc) is 3.53. The molecule has 1 aromatic heterocycles. The Labute approximate surface area is 207 Å². The van der Waals surface area contributed by atoms with E-state index in [-0.39, 0.29) is 36.8 Å². The van der Waals surface area contributed by atoms with Gasteiger partial charge in [0.15, 0.2) is 0 Å². The summed E-state index contributed by atoms with van der Waals surface area (Å²) in [5.74, 6) is -1.43. The summed E-state index contributed by atoms with van der Waals surface area (Å²) in [5.41, 5.74) is 0.256. The molecule has 198 valence electrons. The molecule has 36 heavy (non-hydrogen) atoms. The monoisotopic (exact) mass is 511 g/mol. The minimum atomic E-state index is -1.15. The van der Waals surface area contributed by atoms with Crippen molar-refractivity contribution in [2.75, 3.05) is 46.0 Å². The van der Waals surface area contributed by atoms with Crippen molar-refractivity contribution >= 4 is 6.03 Å². The number of aliphatic hydroxyl groups excluding tert-OH is 2. The Bertz CT molecular complexity index is 1020. The largest absolute Gasteiger partial charge is 0.394 e. The van der Waals surface area contributed by atoms with Gasteiger partial charge in [0.05, 0.1) is 30.6 Å². The number of nitrogens with zero attached hydrogens (tertiary/aromatic N) is 2. The number of benzene rings is 1. The molecular formula is C24H32F3N5O4. The number of ether oxygens (including phenoxy) is 1. The van der Waals surface area contributed by atoms with Crippen LogP contribution in [0, 0.1) is 23.5 Å². The smallest absolute Gasteiger partial charge is 0.318 e. The number of halogens is 3. The third kappa shape index (κ3) is 6.17. The first-order chi connectivity index (χ1) is 17.4. The maximum absolute atomic E-state index is 14.6. The number of aromatic nitrogens is 2. The molecule has 0 radical (unpaired) electrons. The van der Waals surface area contributed by atoms with Crippen molar-refractivity contribution in [2.24, 2.45) is 11.8 Å². The lowest BCUT2D eigenvalue weighted by atomic mass is 9.89. The lowest BCUT2D eigenvalue weighted by Gasteiger charge is -2.39. The number of imidazole rings is 1. The lowest BCUT2D eigenvalue weighted by molar-refractivity contribution is 0.0259. The zero-order chi connectivity index (χ0) is 25.7. The number of H-pyrrole nitrogens is 1.